The number of sulfone groups is 1. The molecule has 1 aliphatic carbocycles. The van der Waals surface area contributed by atoms with E-state index in [4.69, 9.17) is 0 Å². The van der Waals surface area contributed by atoms with Crippen LogP contribution in [0.1, 0.15) is 23.2 Å². The van der Waals surface area contributed by atoms with Gasteiger partial charge in [0.15, 0.2) is 15.7 Å². The number of aromatic nitrogens is 3. The average molecular weight is 413 g/mol. The molecule has 8 heteroatoms. The van der Waals surface area contributed by atoms with E-state index in [1.807, 2.05) is 31.3 Å². The number of aryl methyl sites for hydroxylation is 1. The second-order valence-corrected chi connectivity index (χ2v) is 9.64. The molecule has 1 atom stereocenters. The van der Waals surface area contributed by atoms with E-state index in [0.29, 0.717) is 23.7 Å². The van der Waals surface area contributed by atoms with Gasteiger partial charge in [-0.2, -0.15) is 0 Å². The molecular weight excluding hydrogens is 388 g/mol. The van der Waals surface area contributed by atoms with Gasteiger partial charge in [0.1, 0.15) is 0 Å². The zero-order chi connectivity index (χ0) is 20.6. The summed E-state index contributed by atoms with van der Waals surface area (Å²) in [6.45, 7) is 0.627. The first kappa shape index (κ1) is 19.6. The Morgan fingerprint density at radius 1 is 1.24 bits per heavy atom. The minimum Gasteiger partial charge on any atom is -0.299 e. The van der Waals surface area contributed by atoms with Crippen LogP contribution in [0.5, 0.6) is 0 Å². The summed E-state index contributed by atoms with van der Waals surface area (Å²) in [5.41, 5.74) is 2.69. The Labute approximate surface area is 169 Å². The number of pyridine rings is 1. The van der Waals surface area contributed by atoms with Gasteiger partial charge in [-0.15, -0.1) is 0 Å². The van der Waals surface area contributed by atoms with E-state index in [0.717, 1.165) is 29.7 Å². The molecule has 4 rings (SSSR count). The first-order chi connectivity index (χ1) is 13.8. The third-order valence-corrected chi connectivity index (χ3v) is 6.61. The molecule has 1 aromatic carbocycles. The molecule has 29 heavy (non-hydrogen) atoms. The SMILES string of the molecule is CN(Cc1cccc(S(C)(=O)=O)c1)C1CCc2[nH]n(-c3ccccn3)c(=O)c2C1. The summed E-state index contributed by atoms with van der Waals surface area (Å²) in [6, 6.07) is 12.7. The predicted octanol–water partition coefficient (Wildman–Crippen LogP) is 1.95. The van der Waals surface area contributed by atoms with Crippen LogP contribution in [0.2, 0.25) is 0 Å². The number of hydrogen-bond donors (Lipinski definition) is 1. The Morgan fingerprint density at radius 3 is 2.79 bits per heavy atom. The second-order valence-electron chi connectivity index (χ2n) is 7.63. The molecule has 0 spiro atoms. The number of aromatic amines is 1. The molecule has 0 saturated heterocycles. The van der Waals surface area contributed by atoms with Gasteiger partial charge < -0.3 is 0 Å². The van der Waals surface area contributed by atoms with Crippen LogP contribution in [0.25, 0.3) is 5.82 Å². The quantitative estimate of drug-likeness (QED) is 0.692. The maximum absolute atomic E-state index is 12.9. The highest BCUT2D eigenvalue weighted by atomic mass is 32.2. The number of rotatable bonds is 5. The molecule has 1 N–H and O–H groups in total. The van der Waals surface area contributed by atoms with E-state index >= 15 is 0 Å². The molecule has 0 saturated carbocycles. The van der Waals surface area contributed by atoms with Crippen LogP contribution in [-0.4, -0.2) is 47.4 Å². The maximum atomic E-state index is 12.9. The maximum Gasteiger partial charge on any atom is 0.276 e. The fourth-order valence-electron chi connectivity index (χ4n) is 3.90. The van der Waals surface area contributed by atoms with Crippen molar-refractivity contribution in [3.05, 3.63) is 75.8 Å². The van der Waals surface area contributed by atoms with E-state index in [2.05, 4.69) is 15.0 Å². The third kappa shape index (κ3) is 4.04. The largest absolute Gasteiger partial charge is 0.299 e. The van der Waals surface area contributed by atoms with Crippen molar-refractivity contribution in [3.8, 4) is 5.82 Å². The molecule has 0 radical (unpaired) electrons. The van der Waals surface area contributed by atoms with Crippen molar-refractivity contribution < 1.29 is 8.42 Å². The van der Waals surface area contributed by atoms with Crippen molar-refractivity contribution in [2.24, 2.45) is 0 Å². The standard InChI is InChI=1S/C21H24N4O3S/c1-24(14-15-6-5-7-17(12-15)29(2,27)28)16-9-10-19-18(13-16)21(26)25(23-19)20-8-3-4-11-22-20/h3-8,11-12,16,23H,9-10,13-14H2,1-2H3. The minimum absolute atomic E-state index is 0.0455. The van der Waals surface area contributed by atoms with Crippen LogP contribution >= 0.6 is 0 Å². The van der Waals surface area contributed by atoms with E-state index in [1.165, 1.54) is 10.9 Å². The molecule has 0 amide bonds. The Morgan fingerprint density at radius 2 is 2.07 bits per heavy atom. The Kier molecular flexibility index (Phi) is 5.14. The summed E-state index contributed by atoms with van der Waals surface area (Å²) in [4.78, 5) is 19.7. The Balaban J connectivity index is 1.53. The van der Waals surface area contributed by atoms with E-state index < -0.39 is 9.84 Å². The van der Waals surface area contributed by atoms with Crippen molar-refractivity contribution in [3.63, 3.8) is 0 Å². The molecule has 1 aliphatic rings. The molecule has 0 bridgehead atoms. The summed E-state index contributed by atoms with van der Waals surface area (Å²) in [5, 5.41) is 3.21. The topological polar surface area (TPSA) is 88.1 Å². The highest BCUT2D eigenvalue weighted by molar-refractivity contribution is 7.90. The highest BCUT2D eigenvalue weighted by Crippen LogP contribution is 2.23. The third-order valence-electron chi connectivity index (χ3n) is 5.50. The first-order valence-electron chi connectivity index (χ1n) is 9.56. The number of nitrogens with one attached hydrogen (secondary N) is 1. The van der Waals surface area contributed by atoms with Gasteiger partial charge in [0.2, 0.25) is 0 Å². The number of nitrogens with zero attached hydrogens (tertiary/aromatic N) is 3. The second kappa shape index (κ2) is 7.61. The molecule has 0 fully saturated rings. The zero-order valence-corrected chi connectivity index (χ0v) is 17.3. The first-order valence-corrected chi connectivity index (χ1v) is 11.5. The smallest absolute Gasteiger partial charge is 0.276 e. The van der Waals surface area contributed by atoms with Crippen LogP contribution in [0.4, 0.5) is 0 Å². The predicted molar refractivity (Wildman–Crippen MR) is 111 cm³/mol. The lowest BCUT2D eigenvalue weighted by Crippen LogP contribution is -2.37. The number of likely N-dealkylation sites (N-methyl/N-ethyl adjacent to an activating group) is 1. The van der Waals surface area contributed by atoms with E-state index in [-0.39, 0.29) is 11.6 Å². The van der Waals surface area contributed by atoms with Gasteiger partial charge >= 0.3 is 0 Å². The fourth-order valence-corrected chi connectivity index (χ4v) is 4.59. The van der Waals surface area contributed by atoms with Gasteiger partial charge in [-0.25, -0.2) is 18.1 Å². The van der Waals surface area contributed by atoms with Gasteiger partial charge in [-0.05, 0) is 56.1 Å². The Bertz CT molecular complexity index is 1180. The molecule has 3 aromatic rings. The van der Waals surface area contributed by atoms with E-state index in [9.17, 15) is 13.2 Å². The lowest BCUT2D eigenvalue weighted by atomic mass is 9.92. The van der Waals surface area contributed by atoms with Crippen LogP contribution in [-0.2, 0) is 29.2 Å². The summed E-state index contributed by atoms with van der Waals surface area (Å²) in [7, 11) is -1.21. The Hall–Kier alpha value is -2.71. The molecular formula is C21H24N4O3S. The summed E-state index contributed by atoms with van der Waals surface area (Å²) >= 11 is 0. The lowest BCUT2D eigenvalue weighted by Gasteiger charge is -2.30. The molecule has 1 unspecified atom stereocenters. The molecule has 2 aromatic heterocycles. The zero-order valence-electron chi connectivity index (χ0n) is 16.5. The number of hydrogen-bond acceptors (Lipinski definition) is 5. The molecule has 152 valence electrons. The lowest BCUT2D eigenvalue weighted by molar-refractivity contribution is 0.213. The van der Waals surface area contributed by atoms with Crippen molar-refractivity contribution in [1.82, 2.24) is 19.7 Å². The normalized spacial score (nSPS) is 16.7. The summed E-state index contributed by atoms with van der Waals surface area (Å²) < 4.78 is 25.1. The van der Waals surface area contributed by atoms with Gasteiger partial charge in [0, 0.05) is 36.3 Å². The molecule has 0 aliphatic heterocycles. The molecule has 2 heterocycles. The van der Waals surface area contributed by atoms with Gasteiger partial charge in [0.05, 0.1) is 4.90 Å². The van der Waals surface area contributed by atoms with Crippen LogP contribution < -0.4 is 5.56 Å². The van der Waals surface area contributed by atoms with Crippen molar-refractivity contribution in [1.29, 1.82) is 0 Å². The van der Waals surface area contributed by atoms with Crippen LogP contribution in [0.15, 0.2) is 58.4 Å². The average Bonchev–Trinajstić information content (AvgIpc) is 3.04. The van der Waals surface area contributed by atoms with Crippen molar-refractivity contribution in [2.75, 3.05) is 13.3 Å². The van der Waals surface area contributed by atoms with Gasteiger partial charge in [-0.1, -0.05) is 18.2 Å². The summed E-state index contributed by atoms with van der Waals surface area (Å²) in [6.07, 6.45) is 5.27. The molecule has 7 nitrogen and oxygen atoms in total. The van der Waals surface area contributed by atoms with Crippen molar-refractivity contribution in [2.45, 2.75) is 36.7 Å². The number of H-pyrrole nitrogens is 1. The minimum atomic E-state index is -3.23. The summed E-state index contributed by atoms with van der Waals surface area (Å²) in [5.74, 6) is 0.592. The monoisotopic (exact) mass is 412 g/mol. The fraction of sp³-hybridized carbons (Fsp3) is 0.333. The van der Waals surface area contributed by atoms with Crippen LogP contribution in [0.3, 0.4) is 0 Å². The van der Waals surface area contributed by atoms with Crippen molar-refractivity contribution >= 4 is 9.84 Å². The number of fused-ring (bicyclic) bond motifs is 1. The van der Waals surface area contributed by atoms with E-state index in [1.54, 1.807) is 24.4 Å². The number of benzene rings is 1. The van der Waals surface area contributed by atoms with Crippen LogP contribution in [0, 0.1) is 0 Å². The highest BCUT2D eigenvalue weighted by Gasteiger charge is 2.27. The van der Waals surface area contributed by atoms with Gasteiger partial charge in [-0.3, -0.25) is 14.8 Å². The van der Waals surface area contributed by atoms with Gasteiger partial charge in [0.25, 0.3) is 5.56 Å².